The van der Waals surface area contributed by atoms with Crippen LogP contribution >= 0.6 is 0 Å². The fourth-order valence-corrected chi connectivity index (χ4v) is 3.57. The smallest absolute Gasteiger partial charge is 0.409 e. The molecule has 0 radical (unpaired) electrons. The molecule has 0 spiro atoms. The summed E-state index contributed by atoms with van der Waals surface area (Å²) < 4.78 is 16.6. The van der Waals surface area contributed by atoms with Crippen molar-refractivity contribution in [3.8, 4) is 0 Å². The Bertz CT molecular complexity index is 395. The molecule has 0 bridgehead atoms. The molecule has 32 heavy (non-hydrogen) atoms. The summed E-state index contributed by atoms with van der Waals surface area (Å²) in [5, 5.41) is 0. The van der Waals surface area contributed by atoms with Gasteiger partial charge in [0.2, 0.25) is 0 Å². The molecular formula is C26H58FN3O2. The molecule has 0 aromatic rings. The van der Waals surface area contributed by atoms with Gasteiger partial charge in [-0.2, -0.15) is 0 Å². The summed E-state index contributed by atoms with van der Waals surface area (Å²) >= 11 is 0. The zero-order valence-electron chi connectivity index (χ0n) is 23.7. The molecule has 2 rings (SSSR count). The summed E-state index contributed by atoms with van der Waals surface area (Å²) in [6.07, 6.45) is 4.38. The highest BCUT2D eigenvalue weighted by Crippen LogP contribution is 2.23. The summed E-state index contributed by atoms with van der Waals surface area (Å²) in [6, 6.07) is 0.826. The van der Waals surface area contributed by atoms with Gasteiger partial charge in [0.1, 0.15) is 6.17 Å². The van der Waals surface area contributed by atoms with Crippen molar-refractivity contribution < 1.29 is 13.9 Å². The largest absolute Gasteiger partial charge is 0.453 e. The van der Waals surface area contributed by atoms with Crippen LogP contribution in [0.2, 0.25) is 0 Å². The van der Waals surface area contributed by atoms with Gasteiger partial charge in [-0.05, 0) is 78.6 Å². The van der Waals surface area contributed by atoms with Gasteiger partial charge >= 0.3 is 6.09 Å². The predicted molar refractivity (Wildman–Crippen MR) is 139 cm³/mol. The lowest BCUT2D eigenvalue weighted by atomic mass is 9.95. The SMILES string of the molecule is CC.CC.CC(F)CN(C)C.CCC(C)N1CCCC1.COC(=O)N1CCC(C(C)C)C1. The van der Waals surface area contributed by atoms with E-state index in [1.807, 2.05) is 46.7 Å². The number of hydrogen-bond acceptors (Lipinski definition) is 4. The Morgan fingerprint density at radius 2 is 1.53 bits per heavy atom. The zero-order valence-corrected chi connectivity index (χ0v) is 23.7. The molecule has 2 aliphatic heterocycles. The Balaban J connectivity index is -0.000000376. The maximum Gasteiger partial charge on any atom is 0.409 e. The third kappa shape index (κ3) is 18.7. The van der Waals surface area contributed by atoms with E-state index in [9.17, 15) is 9.18 Å². The van der Waals surface area contributed by atoms with E-state index in [-0.39, 0.29) is 6.09 Å². The molecule has 0 saturated carbocycles. The first kappa shape index (κ1) is 35.7. The Labute approximate surface area is 201 Å². The molecular weight excluding hydrogens is 405 g/mol. The predicted octanol–water partition coefficient (Wildman–Crippen LogP) is 6.57. The highest BCUT2D eigenvalue weighted by molar-refractivity contribution is 5.67. The third-order valence-corrected chi connectivity index (χ3v) is 5.57. The molecule has 2 saturated heterocycles. The van der Waals surface area contributed by atoms with Crippen LogP contribution in [0.25, 0.3) is 0 Å². The topological polar surface area (TPSA) is 36.0 Å². The van der Waals surface area contributed by atoms with Gasteiger partial charge in [0, 0.05) is 25.7 Å². The standard InChI is InChI=1S/C9H17NO2.C8H17N.C5H12FN.2C2H6/c1-7(2)8-4-5-10(6-8)9(11)12-3;1-3-8(2)9-6-4-5-7-9;1-5(6)4-7(2)3;2*1-2/h7-8H,4-6H2,1-3H3;8H,3-7H2,1-2H3;5H,4H2,1-3H3;2*1-2H3. The average Bonchev–Trinajstić information content (AvgIpc) is 3.48. The quantitative estimate of drug-likeness (QED) is 0.462. The van der Waals surface area contributed by atoms with Crippen LogP contribution in [0.5, 0.6) is 0 Å². The van der Waals surface area contributed by atoms with Crippen LogP contribution < -0.4 is 0 Å². The number of carbonyl (C=O) groups is 1. The lowest BCUT2D eigenvalue weighted by molar-refractivity contribution is 0.130. The number of likely N-dealkylation sites (tertiary alicyclic amines) is 2. The molecule has 0 aromatic heterocycles. The van der Waals surface area contributed by atoms with Gasteiger partial charge in [-0.3, -0.25) is 0 Å². The van der Waals surface area contributed by atoms with Crippen LogP contribution in [0, 0.1) is 11.8 Å². The first-order valence-electron chi connectivity index (χ1n) is 13.0. The molecule has 0 aliphatic carbocycles. The van der Waals surface area contributed by atoms with Gasteiger partial charge in [-0.1, -0.05) is 48.5 Å². The minimum Gasteiger partial charge on any atom is -0.453 e. The molecule has 2 fully saturated rings. The first-order valence-corrected chi connectivity index (χ1v) is 13.0. The number of nitrogens with zero attached hydrogens (tertiary/aromatic N) is 3. The monoisotopic (exact) mass is 463 g/mol. The molecule has 1 amide bonds. The van der Waals surface area contributed by atoms with Crippen LogP contribution in [0.3, 0.4) is 0 Å². The number of alkyl halides is 1. The van der Waals surface area contributed by atoms with Crippen LogP contribution in [0.4, 0.5) is 9.18 Å². The maximum atomic E-state index is 11.9. The summed E-state index contributed by atoms with van der Waals surface area (Å²) in [4.78, 5) is 17.3. The summed E-state index contributed by atoms with van der Waals surface area (Å²) in [5.74, 6) is 1.32. The van der Waals surface area contributed by atoms with Crippen molar-refractivity contribution in [3.63, 3.8) is 0 Å². The number of rotatable bonds is 5. The molecule has 6 heteroatoms. The van der Waals surface area contributed by atoms with E-state index in [4.69, 9.17) is 0 Å². The van der Waals surface area contributed by atoms with Crippen LogP contribution in [-0.4, -0.2) is 86.9 Å². The lowest BCUT2D eigenvalue weighted by Crippen LogP contribution is -2.29. The summed E-state index contributed by atoms with van der Waals surface area (Å²) in [5.41, 5.74) is 0. The van der Waals surface area contributed by atoms with Crippen LogP contribution in [0.1, 0.15) is 88.0 Å². The second kappa shape index (κ2) is 23.3. The van der Waals surface area contributed by atoms with Gasteiger partial charge in [0.05, 0.1) is 7.11 Å². The number of carbonyl (C=O) groups excluding carboxylic acids is 1. The van der Waals surface area contributed by atoms with E-state index >= 15 is 0 Å². The molecule has 0 aromatic carbocycles. The second-order valence-electron chi connectivity index (χ2n) is 8.75. The Morgan fingerprint density at radius 1 is 1.03 bits per heavy atom. The number of methoxy groups -OCH3 is 1. The number of amides is 1. The van der Waals surface area contributed by atoms with Gasteiger partial charge in [-0.15, -0.1) is 0 Å². The molecule has 2 aliphatic rings. The molecule has 3 atom stereocenters. The maximum absolute atomic E-state index is 11.9. The average molecular weight is 464 g/mol. The zero-order chi connectivity index (χ0) is 25.7. The van der Waals surface area contributed by atoms with Crippen molar-refractivity contribution in [1.29, 1.82) is 0 Å². The molecule has 196 valence electrons. The Kier molecular flexibility index (Phi) is 26.0. The highest BCUT2D eigenvalue weighted by atomic mass is 19.1. The summed E-state index contributed by atoms with van der Waals surface area (Å²) in [7, 11) is 5.15. The van der Waals surface area contributed by atoms with E-state index in [0.29, 0.717) is 18.4 Å². The van der Waals surface area contributed by atoms with E-state index in [1.165, 1.54) is 39.5 Å². The van der Waals surface area contributed by atoms with E-state index < -0.39 is 6.17 Å². The number of halogens is 1. The van der Waals surface area contributed by atoms with Gasteiger partial charge in [0.25, 0.3) is 0 Å². The van der Waals surface area contributed by atoms with Gasteiger partial charge in [0.15, 0.2) is 0 Å². The first-order chi connectivity index (χ1) is 15.1. The van der Waals surface area contributed by atoms with E-state index in [1.54, 1.807) is 11.8 Å². The highest BCUT2D eigenvalue weighted by Gasteiger charge is 2.28. The molecule has 2 heterocycles. The second-order valence-corrected chi connectivity index (χ2v) is 8.75. The van der Waals surface area contributed by atoms with Gasteiger partial charge < -0.3 is 19.4 Å². The summed E-state index contributed by atoms with van der Waals surface area (Å²) in [6.45, 7) is 23.5. The molecule has 5 nitrogen and oxygen atoms in total. The van der Waals surface area contributed by atoms with Crippen molar-refractivity contribution in [2.75, 3.05) is 53.9 Å². The van der Waals surface area contributed by atoms with Crippen molar-refractivity contribution in [3.05, 3.63) is 0 Å². The van der Waals surface area contributed by atoms with Crippen molar-refractivity contribution >= 4 is 6.09 Å². The Hall–Kier alpha value is -0.880. The minimum absolute atomic E-state index is 0.182. The number of ether oxygens (including phenoxy) is 1. The molecule has 0 N–H and O–H groups in total. The van der Waals surface area contributed by atoms with E-state index in [2.05, 4.69) is 37.3 Å². The number of hydrogen-bond donors (Lipinski definition) is 0. The van der Waals surface area contributed by atoms with Crippen molar-refractivity contribution in [2.24, 2.45) is 11.8 Å². The van der Waals surface area contributed by atoms with E-state index in [0.717, 1.165) is 25.6 Å². The van der Waals surface area contributed by atoms with Gasteiger partial charge in [-0.25, -0.2) is 9.18 Å². The van der Waals surface area contributed by atoms with Crippen molar-refractivity contribution in [1.82, 2.24) is 14.7 Å². The van der Waals surface area contributed by atoms with Crippen molar-refractivity contribution in [2.45, 2.75) is 100 Å². The minimum atomic E-state index is -0.699. The normalized spacial score (nSPS) is 19.3. The van der Waals surface area contributed by atoms with Crippen LogP contribution in [-0.2, 0) is 4.74 Å². The lowest BCUT2D eigenvalue weighted by Gasteiger charge is -2.21. The Morgan fingerprint density at radius 3 is 1.81 bits per heavy atom. The third-order valence-electron chi connectivity index (χ3n) is 5.57. The van der Waals surface area contributed by atoms with Crippen LogP contribution in [0.15, 0.2) is 0 Å². The fraction of sp³-hybridized carbons (Fsp3) is 0.962. The molecule has 3 unspecified atom stereocenters. The fourth-order valence-electron chi connectivity index (χ4n) is 3.57.